The second kappa shape index (κ2) is 3.33. The van der Waals surface area contributed by atoms with E-state index in [1.165, 1.54) is 0 Å². The smallest absolute Gasteiger partial charge is 0.285 e. The quantitative estimate of drug-likeness (QED) is 0.714. The molecule has 0 amide bonds. The van der Waals surface area contributed by atoms with Crippen LogP contribution in [-0.4, -0.2) is 6.54 Å². The molecular formula is C8H7F4N. The van der Waals surface area contributed by atoms with Crippen LogP contribution in [0.15, 0.2) is 18.2 Å². The fourth-order valence-electron chi connectivity index (χ4n) is 0.883. The predicted molar refractivity (Wildman–Crippen MR) is 39.3 cm³/mol. The molecule has 0 aliphatic heterocycles. The van der Waals surface area contributed by atoms with Crippen LogP contribution in [0.3, 0.4) is 0 Å². The highest BCUT2D eigenvalue weighted by atomic mass is 19.3. The molecule has 1 aromatic rings. The van der Waals surface area contributed by atoms with Crippen molar-refractivity contribution < 1.29 is 17.6 Å². The van der Waals surface area contributed by atoms with Gasteiger partial charge in [-0.3, -0.25) is 0 Å². The number of hydrogen-bond donors (Lipinski definition) is 1. The second-order valence-corrected chi connectivity index (χ2v) is 2.57. The maximum Gasteiger partial charge on any atom is 0.285 e. The molecular weight excluding hydrogens is 186 g/mol. The fourth-order valence-corrected chi connectivity index (χ4v) is 0.883. The summed E-state index contributed by atoms with van der Waals surface area (Å²) in [5.41, 5.74) is 4.00. The predicted octanol–water partition coefficient (Wildman–Crippen LogP) is 2.02. The van der Waals surface area contributed by atoms with Gasteiger partial charge in [0, 0.05) is 11.6 Å². The average molecular weight is 193 g/mol. The van der Waals surface area contributed by atoms with E-state index in [0.717, 1.165) is 0 Å². The third-order valence-corrected chi connectivity index (χ3v) is 1.54. The Morgan fingerprint density at radius 1 is 1.08 bits per heavy atom. The Morgan fingerprint density at radius 2 is 1.54 bits per heavy atom. The molecule has 1 aromatic carbocycles. The van der Waals surface area contributed by atoms with E-state index in [-0.39, 0.29) is 0 Å². The second-order valence-electron chi connectivity index (χ2n) is 2.57. The van der Waals surface area contributed by atoms with E-state index in [9.17, 15) is 17.6 Å². The molecule has 13 heavy (non-hydrogen) atoms. The molecule has 0 unspecified atom stereocenters. The van der Waals surface area contributed by atoms with E-state index in [2.05, 4.69) is 0 Å². The van der Waals surface area contributed by atoms with Gasteiger partial charge in [0.2, 0.25) is 0 Å². The van der Waals surface area contributed by atoms with Crippen LogP contribution in [0.25, 0.3) is 0 Å². The third-order valence-electron chi connectivity index (χ3n) is 1.54. The van der Waals surface area contributed by atoms with Crippen LogP contribution < -0.4 is 5.73 Å². The first-order chi connectivity index (χ1) is 5.95. The lowest BCUT2D eigenvalue weighted by molar-refractivity contribution is 0.00533. The SMILES string of the molecule is NCC(F)(F)c1cc(F)cc(F)c1. The highest BCUT2D eigenvalue weighted by Gasteiger charge is 2.30. The molecule has 1 rings (SSSR count). The summed E-state index contributed by atoms with van der Waals surface area (Å²) < 4.78 is 50.5. The van der Waals surface area contributed by atoms with Crippen molar-refractivity contribution in [2.24, 2.45) is 5.73 Å². The van der Waals surface area contributed by atoms with E-state index >= 15 is 0 Å². The number of rotatable bonds is 2. The Bertz CT molecular complexity index is 291. The number of benzene rings is 1. The van der Waals surface area contributed by atoms with E-state index in [0.29, 0.717) is 18.2 Å². The number of alkyl halides is 2. The lowest BCUT2D eigenvalue weighted by atomic mass is 10.1. The largest absolute Gasteiger partial charge is 0.325 e. The van der Waals surface area contributed by atoms with Gasteiger partial charge in [0.05, 0.1) is 6.54 Å². The van der Waals surface area contributed by atoms with Gasteiger partial charge in [-0.05, 0) is 12.1 Å². The molecule has 2 N–H and O–H groups in total. The summed E-state index contributed by atoms with van der Waals surface area (Å²) in [6.07, 6.45) is 0. The van der Waals surface area contributed by atoms with Crippen molar-refractivity contribution >= 4 is 0 Å². The zero-order valence-corrected chi connectivity index (χ0v) is 6.53. The summed E-state index contributed by atoms with van der Waals surface area (Å²) in [6.45, 7) is -0.976. The minimum atomic E-state index is -3.39. The average Bonchev–Trinajstić information content (AvgIpc) is 2.02. The molecule has 0 bridgehead atoms. The Morgan fingerprint density at radius 3 is 1.92 bits per heavy atom. The van der Waals surface area contributed by atoms with Crippen molar-refractivity contribution in [3.8, 4) is 0 Å². The third kappa shape index (κ3) is 2.18. The van der Waals surface area contributed by atoms with E-state index in [4.69, 9.17) is 5.73 Å². The minimum absolute atomic E-state index is 0.524. The minimum Gasteiger partial charge on any atom is -0.325 e. The lowest BCUT2D eigenvalue weighted by Crippen LogP contribution is -2.25. The Kier molecular flexibility index (Phi) is 2.56. The molecule has 1 nitrogen and oxygen atoms in total. The van der Waals surface area contributed by atoms with Crippen LogP contribution in [-0.2, 0) is 5.92 Å². The van der Waals surface area contributed by atoms with Gasteiger partial charge in [-0.1, -0.05) is 0 Å². The summed E-state index contributed by atoms with van der Waals surface area (Å²) in [6, 6.07) is 1.65. The molecule has 0 heterocycles. The van der Waals surface area contributed by atoms with Crippen molar-refractivity contribution in [3.05, 3.63) is 35.4 Å². The highest BCUT2D eigenvalue weighted by molar-refractivity contribution is 5.22. The summed E-state index contributed by atoms with van der Waals surface area (Å²) in [4.78, 5) is 0. The van der Waals surface area contributed by atoms with Crippen LogP contribution >= 0.6 is 0 Å². The van der Waals surface area contributed by atoms with Gasteiger partial charge < -0.3 is 5.73 Å². The molecule has 0 aromatic heterocycles. The molecule has 0 saturated carbocycles. The van der Waals surface area contributed by atoms with Gasteiger partial charge in [-0.25, -0.2) is 8.78 Å². The normalized spacial score (nSPS) is 11.8. The lowest BCUT2D eigenvalue weighted by Gasteiger charge is -2.13. The van der Waals surface area contributed by atoms with Gasteiger partial charge in [0.15, 0.2) is 0 Å². The maximum atomic E-state index is 12.8. The molecule has 0 aliphatic rings. The van der Waals surface area contributed by atoms with Crippen LogP contribution in [0.5, 0.6) is 0 Å². The molecule has 0 radical (unpaired) electrons. The van der Waals surface area contributed by atoms with E-state index in [1.54, 1.807) is 0 Å². The summed E-state index contributed by atoms with van der Waals surface area (Å²) in [5.74, 6) is -5.46. The van der Waals surface area contributed by atoms with Crippen molar-refractivity contribution in [1.29, 1.82) is 0 Å². The summed E-state index contributed by atoms with van der Waals surface area (Å²) in [5, 5.41) is 0. The molecule has 5 heteroatoms. The number of nitrogens with two attached hydrogens (primary N) is 1. The molecule has 0 fully saturated rings. The van der Waals surface area contributed by atoms with E-state index in [1.807, 2.05) is 0 Å². The van der Waals surface area contributed by atoms with Gasteiger partial charge in [-0.2, -0.15) is 8.78 Å². The topological polar surface area (TPSA) is 26.0 Å². The Balaban J connectivity index is 3.15. The standard InChI is InChI=1S/C8H7F4N/c9-6-1-5(2-7(10)3-6)8(11,12)4-13/h1-3H,4,13H2. The molecule has 0 aliphatic carbocycles. The fraction of sp³-hybridized carbons (Fsp3) is 0.250. The monoisotopic (exact) mass is 193 g/mol. The van der Waals surface area contributed by atoms with Crippen LogP contribution in [0.2, 0.25) is 0 Å². The van der Waals surface area contributed by atoms with Gasteiger partial charge in [0.25, 0.3) is 5.92 Å². The summed E-state index contributed by atoms with van der Waals surface area (Å²) >= 11 is 0. The summed E-state index contributed by atoms with van der Waals surface area (Å²) in [7, 11) is 0. The van der Waals surface area contributed by atoms with Crippen LogP contribution in [0, 0.1) is 11.6 Å². The first-order valence-corrected chi connectivity index (χ1v) is 3.50. The highest BCUT2D eigenvalue weighted by Crippen LogP contribution is 2.27. The number of hydrogen-bond acceptors (Lipinski definition) is 1. The zero-order valence-electron chi connectivity index (χ0n) is 6.53. The zero-order chi connectivity index (χ0) is 10.1. The molecule has 0 spiro atoms. The van der Waals surface area contributed by atoms with Gasteiger partial charge in [-0.15, -0.1) is 0 Å². The van der Waals surface area contributed by atoms with Crippen LogP contribution in [0.4, 0.5) is 17.6 Å². The van der Waals surface area contributed by atoms with Crippen molar-refractivity contribution in [2.75, 3.05) is 6.54 Å². The Hall–Kier alpha value is -1.10. The van der Waals surface area contributed by atoms with E-state index < -0.39 is 29.7 Å². The Labute approximate surface area is 72.2 Å². The van der Waals surface area contributed by atoms with Gasteiger partial charge >= 0.3 is 0 Å². The molecule has 0 saturated heterocycles. The van der Waals surface area contributed by atoms with Gasteiger partial charge in [0.1, 0.15) is 11.6 Å². The first kappa shape index (κ1) is 9.98. The van der Waals surface area contributed by atoms with Crippen molar-refractivity contribution in [3.63, 3.8) is 0 Å². The van der Waals surface area contributed by atoms with Crippen LogP contribution in [0.1, 0.15) is 5.56 Å². The van der Waals surface area contributed by atoms with Crippen molar-refractivity contribution in [1.82, 2.24) is 0 Å². The molecule has 72 valence electrons. The van der Waals surface area contributed by atoms with Crippen molar-refractivity contribution in [2.45, 2.75) is 5.92 Å². The molecule has 0 atom stereocenters. The maximum absolute atomic E-state index is 12.8. The first-order valence-electron chi connectivity index (χ1n) is 3.50. The number of halogens is 4.